The summed E-state index contributed by atoms with van der Waals surface area (Å²) in [7, 11) is 0. The SMILES string of the molecule is O=C(CC(O)c1ccccc1)NC1CCN(c2cccc(F)c2)CC1. The highest BCUT2D eigenvalue weighted by Crippen LogP contribution is 2.21. The molecule has 1 aliphatic rings. The molecule has 0 spiro atoms. The second-order valence-corrected chi connectivity index (χ2v) is 6.44. The van der Waals surface area contributed by atoms with Gasteiger partial charge in [-0.05, 0) is 36.6 Å². The number of amides is 1. The molecule has 1 atom stereocenters. The first-order valence-electron chi connectivity index (χ1n) is 8.65. The lowest BCUT2D eigenvalue weighted by atomic mass is 10.0. The van der Waals surface area contributed by atoms with Gasteiger partial charge in [0.25, 0.3) is 0 Å². The van der Waals surface area contributed by atoms with Crippen molar-refractivity contribution < 1.29 is 14.3 Å². The summed E-state index contributed by atoms with van der Waals surface area (Å²) in [5.41, 5.74) is 1.63. The molecule has 1 saturated heterocycles. The number of hydrogen-bond donors (Lipinski definition) is 2. The van der Waals surface area contributed by atoms with Crippen LogP contribution in [-0.2, 0) is 4.79 Å². The number of carbonyl (C=O) groups excluding carboxylic acids is 1. The van der Waals surface area contributed by atoms with Gasteiger partial charge in [0.2, 0.25) is 5.91 Å². The fourth-order valence-electron chi connectivity index (χ4n) is 3.21. The van der Waals surface area contributed by atoms with Crippen molar-refractivity contribution in [2.24, 2.45) is 0 Å². The van der Waals surface area contributed by atoms with Crippen molar-refractivity contribution in [3.8, 4) is 0 Å². The standard InChI is InChI=1S/C20H23FN2O2/c21-16-7-4-8-18(13-16)23-11-9-17(10-12-23)22-20(25)14-19(24)15-5-2-1-3-6-15/h1-8,13,17,19,24H,9-12,14H2,(H,22,25). The molecule has 1 amide bonds. The Morgan fingerprint density at radius 2 is 1.88 bits per heavy atom. The number of halogens is 1. The molecule has 2 aromatic rings. The number of aliphatic hydroxyl groups excluding tert-OH is 1. The third-order valence-corrected chi connectivity index (χ3v) is 4.60. The van der Waals surface area contributed by atoms with Crippen LogP contribution >= 0.6 is 0 Å². The Balaban J connectivity index is 1.46. The molecule has 0 bridgehead atoms. The normalized spacial score (nSPS) is 16.5. The Morgan fingerprint density at radius 3 is 2.56 bits per heavy atom. The molecule has 1 unspecified atom stereocenters. The highest BCUT2D eigenvalue weighted by molar-refractivity contribution is 5.77. The van der Waals surface area contributed by atoms with Crippen LogP contribution in [0.3, 0.4) is 0 Å². The van der Waals surface area contributed by atoms with Crippen molar-refractivity contribution in [3.63, 3.8) is 0 Å². The van der Waals surface area contributed by atoms with Gasteiger partial charge in [-0.2, -0.15) is 0 Å². The molecule has 4 nitrogen and oxygen atoms in total. The van der Waals surface area contributed by atoms with Gasteiger partial charge in [-0.25, -0.2) is 4.39 Å². The number of carbonyl (C=O) groups is 1. The second-order valence-electron chi connectivity index (χ2n) is 6.44. The largest absolute Gasteiger partial charge is 0.388 e. The molecule has 0 aliphatic carbocycles. The van der Waals surface area contributed by atoms with Gasteiger partial charge in [0.15, 0.2) is 0 Å². The highest BCUT2D eigenvalue weighted by atomic mass is 19.1. The number of rotatable bonds is 5. The summed E-state index contributed by atoms with van der Waals surface area (Å²) in [5, 5.41) is 13.1. The quantitative estimate of drug-likeness (QED) is 0.878. The van der Waals surface area contributed by atoms with Crippen LogP contribution in [0.1, 0.15) is 30.9 Å². The van der Waals surface area contributed by atoms with Gasteiger partial charge in [0, 0.05) is 24.8 Å². The monoisotopic (exact) mass is 342 g/mol. The summed E-state index contributed by atoms with van der Waals surface area (Å²) in [6, 6.07) is 15.9. The molecule has 1 fully saturated rings. The maximum absolute atomic E-state index is 13.3. The van der Waals surface area contributed by atoms with Crippen LogP contribution in [0.15, 0.2) is 54.6 Å². The number of nitrogens with one attached hydrogen (secondary N) is 1. The molecule has 0 saturated carbocycles. The van der Waals surface area contributed by atoms with E-state index >= 15 is 0 Å². The Kier molecular flexibility index (Phi) is 5.66. The summed E-state index contributed by atoms with van der Waals surface area (Å²) in [6.07, 6.45) is 0.898. The van der Waals surface area contributed by atoms with Crippen LogP contribution < -0.4 is 10.2 Å². The second kappa shape index (κ2) is 8.12. The van der Waals surface area contributed by atoms with Crippen molar-refractivity contribution in [1.82, 2.24) is 5.32 Å². The van der Waals surface area contributed by atoms with E-state index in [1.165, 1.54) is 12.1 Å². The number of piperidine rings is 1. The zero-order valence-electron chi connectivity index (χ0n) is 14.1. The van der Waals surface area contributed by atoms with E-state index in [0.29, 0.717) is 0 Å². The van der Waals surface area contributed by atoms with E-state index in [4.69, 9.17) is 0 Å². The molecule has 2 N–H and O–H groups in total. The molecular formula is C20H23FN2O2. The summed E-state index contributed by atoms with van der Waals surface area (Å²) in [4.78, 5) is 14.3. The molecule has 1 heterocycles. The van der Waals surface area contributed by atoms with Crippen LogP contribution in [0.5, 0.6) is 0 Å². The molecule has 25 heavy (non-hydrogen) atoms. The summed E-state index contributed by atoms with van der Waals surface area (Å²) >= 11 is 0. The third kappa shape index (κ3) is 4.79. The Labute approximate surface area is 147 Å². The van der Waals surface area contributed by atoms with E-state index in [-0.39, 0.29) is 24.2 Å². The predicted octanol–water partition coefficient (Wildman–Crippen LogP) is 3.03. The van der Waals surface area contributed by atoms with E-state index in [9.17, 15) is 14.3 Å². The fourth-order valence-corrected chi connectivity index (χ4v) is 3.21. The molecule has 0 aromatic heterocycles. The number of aliphatic hydroxyl groups is 1. The summed E-state index contributed by atoms with van der Waals surface area (Å²) < 4.78 is 13.3. The van der Waals surface area contributed by atoms with Gasteiger partial charge < -0.3 is 15.3 Å². The Bertz CT molecular complexity index is 700. The van der Waals surface area contributed by atoms with Crippen molar-refractivity contribution in [3.05, 3.63) is 66.0 Å². The molecule has 5 heteroatoms. The zero-order valence-corrected chi connectivity index (χ0v) is 14.1. The highest BCUT2D eigenvalue weighted by Gasteiger charge is 2.22. The fraction of sp³-hybridized carbons (Fsp3) is 0.350. The summed E-state index contributed by atoms with van der Waals surface area (Å²) in [6.45, 7) is 1.55. The van der Waals surface area contributed by atoms with E-state index in [1.54, 1.807) is 6.07 Å². The van der Waals surface area contributed by atoms with Crippen molar-refractivity contribution in [1.29, 1.82) is 0 Å². The number of anilines is 1. The van der Waals surface area contributed by atoms with Gasteiger partial charge >= 0.3 is 0 Å². The Hall–Kier alpha value is -2.40. The molecule has 3 rings (SSSR count). The first kappa shape index (κ1) is 17.4. The molecule has 132 valence electrons. The van der Waals surface area contributed by atoms with E-state index in [1.807, 2.05) is 36.4 Å². The number of benzene rings is 2. The van der Waals surface area contributed by atoms with Crippen LogP contribution in [0, 0.1) is 5.82 Å². The topological polar surface area (TPSA) is 52.6 Å². The maximum Gasteiger partial charge on any atom is 0.223 e. The first-order chi connectivity index (χ1) is 12.1. The lowest BCUT2D eigenvalue weighted by Gasteiger charge is -2.34. The number of nitrogens with zero attached hydrogens (tertiary/aromatic N) is 1. The van der Waals surface area contributed by atoms with E-state index in [0.717, 1.165) is 37.2 Å². The maximum atomic E-state index is 13.3. The van der Waals surface area contributed by atoms with Crippen LogP contribution in [0.4, 0.5) is 10.1 Å². The van der Waals surface area contributed by atoms with E-state index in [2.05, 4.69) is 10.2 Å². The summed E-state index contributed by atoms with van der Waals surface area (Å²) in [5.74, 6) is -0.372. The smallest absolute Gasteiger partial charge is 0.223 e. The van der Waals surface area contributed by atoms with Crippen molar-refractivity contribution in [2.75, 3.05) is 18.0 Å². The molecular weight excluding hydrogens is 319 g/mol. The van der Waals surface area contributed by atoms with Crippen LogP contribution in [-0.4, -0.2) is 30.1 Å². The van der Waals surface area contributed by atoms with Crippen LogP contribution in [0.2, 0.25) is 0 Å². The van der Waals surface area contributed by atoms with Gasteiger partial charge in [-0.3, -0.25) is 4.79 Å². The zero-order chi connectivity index (χ0) is 17.6. The lowest BCUT2D eigenvalue weighted by molar-refractivity contribution is -0.123. The van der Waals surface area contributed by atoms with E-state index < -0.39 is 6.10 Å². The third-order valence-electron chi connectivity index (χ3n) is 4.60. The molecule has 1 aliphatic heterocycles. The minimum atomic E-state index is -0.784. The minimum absolute atomic E-state index is 0.0636. The van der Waals surface area contributed by atoms with Crippen molar-refractivity contribution in [2.45, 2.75) is 31.4 Å². The van der Waals surface area contributed by atoms with Gasteiger partial charge in [0.05, 0.1) is 12.5 Å². The minimum Gasteiger partial charge on any atom is -0.388 e. The van der Waals surface area contributed by atoms with Crippen LogP contribution in [0.25, 0.3) is 0 Å². The van der Waals surface area contributed by atoms with Crippen molar-refractivity contribution >= 4 is 11.6 Å². The average Bonchev–Trinajstić information content (AvgIpc) is 2.63. The Morgan fingerprint density at radius 1 is 1.16 bits per heavy atom. The van der Waals surface area contributed by atoms with Gasteiger partial charge in [0.1, 0.15) is 5.82 Å². The molecule has 0 radical (unpaired) electrons. The van der Waals surface area contributed by atoms with Gasteiger partial charge in [-0.15, -0.1) is 0 Å². The van der Waals surface area contributed by atoms with Gasteiger partial charge in [-0.1, -0.05) is 36.4 Å². The number of hydrogen-bond acceptors (Lipinski definition) is 3. The first-order valence-corrected chi connectivity index (χ1v) is 8.65. The lowest BCUT2D eigenvalue weighted by Crippen LogP contribution is -2.45. The molecule has 2 aromatic carbocycles. The predicted molar refractivity (Wildman–Crippen MR) is 95.8 cm³/mol. The average molecular weight is 342 g/mol.